The highest BCUT2D eigenvalue weighted by atomic mass is 16.6. The van der Waals surface area contributed by atoms with Crippen LogP contribution in [0.15, 0.2) is 41.8 Å². The minimum absolute atomic E-state index is 0.0275. The summed E-state index contributed by atoms with van der Waals surface area (Å²) in [4.78, 5) is 31.3. The predicted octanol–water partition coefficient (Wildman–Crippen LogP) is 4.79. The van der Waals surface area contributed by atoms with E-state index in [9.17, 15) is 14.9 Å². The van der Waals surface area contributed by atoms with Gasteiger partial charge in [-0.25, -0.2) is 4.98 Å². The van der Waals surface area contributed by atoms with Gasteiger partial charge in [0.2, 0.25) is 12.0 Å². The van der Waals surface area contributed by atoms with Crippen LogP contribution >= 0.6 is 0 Å². The highest BCUT2D eigenvalue weighted by Gasteiger charge is 2.26. The normalized spacial score (nSPS) is 15.5. The molecule has 1 aliphatic rings. The summed E-state index contributed by atoms with van der Waals surface area (Å²) in [6.45, 7) is 11.3. The Balaban J connectivity index is 1.95. The average Bonchev–Trinajstić information content (AvgIpc) is 3.22. The largest absolute Gasteiger partial charge is 0.499 e. The molecule has 0 radical (unpaired) electrons. The number of benzene rings is 1. The maximum Gasteiger partial charge on any atom is 0.253 e. The topological polar surface area (TPSA) is 129 Å². The maximum absolute atomic E-state index is 13.6. The van der Waals surface area contributed by atoms with E-state index in [1.165, 1.54) is 7.11 Å². The van der Waals surface area contributed by atoms with Crippen molar-refractivity contribution in [1.29, 1.82) is 0 Å². The molecule has 0 aliphatic heterocycles. The van der Waals surface area contributed by atoms with E-state index in [0.717, 1.165) is 43.4 Å². The molecule has 1 aromatic carbocycles. The molecule has 1 aliphatic carbocycles. The van der Waals surface area contributed by atoms with Crippen LogP contribution in [0, 0.1) is 22.0 Å². The van der Waals surface area contributed by atoms with Crippen molar-refractivity contribution < 1.29 is 14.5 Å². The first-order valence-electron chi connectivity index (χ1n) is 13.5. The zero-order valence-electron chi connectivity index (χ0n) is 23.3. The van der Waals surface area contributed by atoms with E-state index in [0.29, 0.717) is 47.9 Å². The molecule has 0 saturated heterocycles. The number of amides is 1. The SMILES string of the molecule is COC1=C(Nc2nc3ccc(C(=O)N(CCC(C)C)CCC(C)C)cc3n2CCCN)C=CC([N+](=O)[O-])C1. The van der Waals surface area contributed by atoms with Crippen LogP contribution in [0.2, 0.25) is 0 Å². The smallest absolute Gasteiger partial charge is 0.253 e. The third-order valence-electron chi connectivity index (χ3n) is 6.76. The lowest BCUT2D eigenvalue weighted by molar-refractivity contribution is -0.509. The molecule has 38 heavy (non-hydrogen) atoms. The van der Waals surface area contributed by atoms with Crippen molar-refractivity contribution in [2.45, 2.75) is 66.0 Å². The first kappa shape index (κ1) is 29.2. The zero-order chi connectivity index (χ0) is 27.8. The summed E-state index contributed by atoms with van der Waals surface area (Å²) in [6.07, 6.45) is 6.01. The lowest BCUT2D eigenvalue weighted by Crippen LogP contribution is -2.34. The molecule has 0 bridgehead atoms. The summed E-state index contributed by atoms with van der Waals surface area (Å²) < 4.78 is 7.48. The van der Waals surface area contributed by atoms with Crippen LogP contribution in [0.25, 0.3) is 11.0 Å². The number of carbonyl (C=O) groups excluding carboxylic acids is 1. The van der Waals surface area contributed by atoms with Crippen molar-refractivity contribution in [3.63, 3.8) is 0 Å². The van der Waals surface area contributed by atoms with Gasteiger partial charge in [-0.05, 0) is 68.0 Å². The standard InChI is InChI=1S/C28H42N6O4/c1-19(2)11-15-32(16-12-20(3)4)27(35)21-7-9-23-25(17-21)33(14-6-13-29)28(30-23)31-24-10-8-22(34(36)37)18-26(24)38-5/h7-10,17,19-20,22H,6,11-16,18,29H2,1-5H3,(H,30,31). The maximum atomic E-state index is 13.6. The van der Waals surface area contributed by atoms with Crippen molar-refractivity contribution in [3.05, 3.63) is 57.5 Å². The second kappa shape index (κ2) is 13.4. The number of nitrogens with two attached hydrogens (primary N) is 1. The number of aromatic nitrogens is 2. The number of nitrogens with zero attached hydrogens (tertiary/aromatic N) is 4. The first-order chi connectivity index (χ1) is 18.1. The Hall–Kier alpha value is -3.40. The monoisotopic (exact) mass is 526 g/mol. The number of fused-ring (bicyclic) bond motifs is 1. The molecule has 0 spiro atoms. The zero-order valence-corrected chi connectivity index (χ0v) is 23.3. The Morgan fingerprint density at radius 2 is 1.95 bits per heavy atom. The molecule has 0 fully saturated rings. The molecule has 1 unspecified atom stereocenters. The highest BCUT2D eigenvalue weighted by molar-refractivity contribution is 5.97. The van der Waals surface area contributed by atoms with Gasteiger partial charge in [0.15, 0.2) is 0 Å². The number of nitrogens with one attached hydrogen (secondary N) is 1. The summed E-state index contributed by atoms with van der Waals surface area (Å²) in [5.74, 6) is 2.12. The summed E-state index contributed by atoms with van der Waals surface area (Å²) in [5, 5.41) is 14.6. The number of hydrogen-bond donors (Lipinski definition) is 2. The number of rotatable bonds is 14. The highest BCUT2D eigenvalue weighted by Crippen LogP contribution is 2.27. The Labute approximate surface area is 225 Å². The van der Waals surface area contributed by atoms with E-state index < -0.39 is 6.04 Å². The Morgan fingerprint density at radius 3 is 2.53 bits per heavy atom. The van der Waals surface area contributed by atoms with Gasteiger partial charge in [-0.3, -0.25) is 14.9 Å². The third-order valence-corrected chi connectivity index (χ3v) is 6.76. The molecule has 0 saturated carbocycles. The van der Waals surface area contributed by atoms with Crippen LogP contribution in [0.5, 0.6) is 0 Å². The number of aryl methyl sites for hydroxylation is 1. The van der Waals surface area contributed by atoms with E-state index in [-0.39, 0.29) is 17.3 Å². The van der Waals surface area contributed by atoms with E-state index in [4.69, 9.17) is 15.5 Å². The second-order valence-corrected chi connectivity index (χ2v) is 10.7. The van der Waals surface area contributed by atoms with Gasteiger partial charge < -0.3 is 25.3 Å². The molecule has 208 valence electrons. The van der Waals surface area contributed by atoms with Gasteiger partial charge in [0.25, 0.3) is 5.91 Å². The average molecular weight is 527 g/mol. The van der Waals surface area contributed by atoms with E-state index in [1.54, 1.807) is 12.2 Å². The molecule has 3 N–H and O–H groups in total. The number of ether oxygens (including phenoxy) is 1. The lowest BCUT2D eigenvalue weighted by atomic mass is 10.1. The minimum Gasteiger partial charge on any atom is -0.499 e. The van der Waals surface area contributed by atoms with Gasteiger partial charge in [-0.15, -0.1) is 0 Å². The molecule has 1 aromatic heterocycles. The lowest BCUT2D eigenvalue weighted by Gasteiger charge is -2.24. The Bertz CT molecular complexity index is 1170. The quantitative estimate of drug-likeness (QED) is 0.267. The molecule has 10 heteroatoms. The van der Waals surface area contributed by atoms with E-state index in [1.807, 2.05) is 27.7 Å². The molecule has 10 nitrogen and oxygen atoms in total. The summed E-state index contributed by atoms with van der Waals surface area (Å²) in [6, 6.07) is 4.80. The fraction of sp³-hybridized carbons (Fsp3) is 0.571. The number of nitro groups is 1. The fourth-order valence-corrected chi connectivity index (χ4v) is 4.39. The first-order valence-corrected chi connectivity index (χ1v) is 13.5. The van der Waals surface area contributed by atoms with E-state index in [2.05, 4.69) is 33.0 Å². The number of methoxy groups -OCH3 is 1. The van der Waals surface area contributed by atoms with Crippen LogP contribution in [-0.2, 0) is 11.3 Å². The van der Waals surface area contributed by atoms with Gasteiger partial charge in [0.1, 0.15) is 5.76 Å². The van der Waals surface area contributed by atoms with Gasteiger partial charge in [-0.1, -0.05) is 27.7 Å². The molecule has 1 heterocycles. The molecule has 3 rings (SSSR count). The van der Waals surface area contributed by atoms with Crippen LogP contribution < -0.4 is 11.1 Å². The minimum atomic E-state index is -0.825. The predicted molar refractivity (Wildman–Crippen MR) is 150 cm³/mol. The molecule has 2 aromatic rings. The Morgan fingerprint density at radius 1 is 1.26 bits per heavy atom. The van der Waals surface area contributed by atoms with Crippen molar-refractivity contribution in [3.8, 4) is 0 Å². The number of allylic oxidation sites excluding steroid dienone is 1. The molecule has 1 atom stereocenters. The van der Waals surface area contributed by atoms with Gasteiger partial charge in [0.05, 0.1) is 30.3 Å². The third kappa shape index (κ3) is 7.34. The number of anilines is 1. The summed E-state index contributed by atoms with van der Waals surface area (Å²) >= 11 is 0. The van der Waals surface area contributed by atoms with Crippen molar-refractivity contribution in [1.82, 2.24) is 14.5 Å². The van der Waals surface area contributed by atoms with Gasteiger partial charge in [0, 0.05) is 30.1 Å². The van der Waals surface area contributed by atoms with Crippen LogP contribution in [-0.4, -0.2) is 58.1 Å². The summed E-state index contributed by atoms with van der Waals surface area (Å²) in [7, 11) is 1.51. The van der Waals surface area contributed by atoms with Crippen LogP contribution in [0.4, 0.5) is 5.95 Å². The van der Waals surface area contributed by atoms with Gasteiger partial charge in [-0.2, -0.15) is 0 Å². The van der Waals surface area contributed by atoms with Crippen LogP contribution in [0.1, 0.15) is 63.7 Å². The van der Waals surface area contributed by atoms with Crippen molar-refractivity contribution >= 4 is 22.9 Å². The number of imidazole rings is 1. The van der Waals surface area contributed by atoms with Gasteiger partial charge >= 0.3 is 0 Å². The molecular weight excluding hydrogens is 484 g/mol. The fourth-order valence-electron chi connectivity index (χ4n) is 4.39. The number of hydrogen-bond acceptors (Lipinski definition) is 7. The molecular formula is C28H42N6O4. The van der Waals surface area contributed by atoms with Crippen LogP contribution in [0.3, 0.4) is 0 Å². The Kier molecular flexibility index (Phi) is 10.3. The van der Waals surface area contributed by atoms with Crippen molar-refractivity contribution in [2.75, 3.05) is 32.1 Å². The summed E-state index contributed by atoms with van der Waals surface area (Å²) in [5.41, 5.74) is 8.67. The molecule has 1 amide bonds. The van der Waals surface area contributed by atoms with Crippen molar-refractivity contribution in [2.24, 2.45) is 17.6 Å². The number of carbonyl (C=O) groups is 1. The van der Waals surface area contributed by atoms with E-state index >= 15 is 0 Å². The second-order valence-electron chi connectivity index (χ2n) is 10.7.